The summed E-state index contributed by atoms with van der Waals surface area (Å²) in [6.45, 7) is 2.01. The molecule has 0 atom stereocenters. The summed E-state index contributed by atoms with van der Waals surface area (Å²) in [6, 6.07) is 4.78. The number of aryl methyl sites for hydroxylation is 4. The Labute approximate surface area is 179 Å². The lowest BCUT2D eigenvalue weighted by Gasteiger charge is -2.22. The SMILES string of the molecule is Cc1cc(Nc2nc3c(cc(C(=O)N(C4CC4)C4CC4)n3C)c3c2ncn3C)nn1C. The second-order valence-electron chi connectivity index (χ2n) is 8.93. The first-order valence-electron chi connectivity index (χ1n) is 10.8. The maximum Gasteiger partial charge on any atom is 0.271 e. The van der Waals surface area contributed by atoms with Gasteiger partial charge in [-0.05, 0) is 38.7 Å². The van der Waals surface area contributed by atoms with E-state index in [1.54, 1.807) is 6.33 Å². The van der Waals surface area contributed by atoms with Gasteiger partial charge in [0, 0.05) is 50.4 Å². The van der Waals surface area contributed by atoms with E-state index in [2.05, 4.69) is 20.3 Å². The lowest BCUT2D eigenvalue weighted by atomic mass is 10.2. The van der Waals surface area contributed by atoms with Crippen LogP contribution < -0.4 is 5.32 Å². The molecule has 0 unspecified atom stereocenters. The molecule has 0 saturated heterocycles. The predicted octanol–water partition coefficient (Wildman–Crippen LogP) is 3.01. The number of hydrogen-bond acceptors (Lipinski definition) is 5. The fourth-order valence-corrected chi connectivity index (χ4v) is 4.49. The van der Waals surface area contributed by atoms with Crippen LogP contribution in [0.4, 0.5) is 11.6 Å². The van der Waals surface area contributed by atoms with Gasteiger partial charge in [0.1, 0.15) is 16.9 Å². The minimum atomic E-state index is 0.121. The lowest BCUT2D eigenvalue weighted by Crippen LogP contribution is -2.36. The second kappa shape index (κ2) is 6.32. The number of amides is 1. The first-order valence-corrected chi connectivity index (χ1v) is 10.8. The number of fused-ring (bicyclic) bond motifs is 3. The van der Waals surface area contributed by atoms with Crippen LogP contribution >= 0.6 is 0 Å². The van der Waals surface area contributed by atoms with E-state index in [-0.39, 0.29) is 5.91 Å². The number of carbonyl (C=O) groups excluding carboxylic acids is 1. The van der Waals surface area contributed by atoms with Crippen molar-refractivity contribution in [1.29, 1.82) is 0 Å². The second-order valence-corrected chi connectivity index (χ2v) is 8.93. The van der Waals surface area contributed by atoms with Crippen LogP contribution in [0.2, 0.25) is 0 Å². The summed E-state index contributed by atoms with van der Waals surface area (Å²) in [5, 5.41) is 8.77. The smallest absolute Gasteiger partial charge is 0.271 e. The molecule has 4 heterocycles. The first kappa shape index (κ1) is 18.4. The lowest BCUT2D eigenvalue weighted by molar-refractivity contribution is 0.0720. The van der Waals surface area contributed by atoms with E-state index in [1.165, 1.54) is 0 Å². The fraction of sp³-hybridized carbons (Fsp3) is 0.455. The maximum absolute atomic E-state index is 13.5. The molecule has 4 aromatic rings. The third kappa shape index (κ3) is 2.83. The van der Waals surface area contributed by atoms with E-state index in [9.17, 15) is 4.79 Å². The van der Waals surface area contributed by atoms with E-state index in [0.29, 0.717) is 23.6 Å². The van der Waals surface area contributed by atoms with Gasteiger partial charge in [-0.2, -0.15) is 5.10 Å². The minimum Gasteiger partial charge on any atom is -0.333 e. The Bertz CT molecular complexity index is 1320. The van der Waals surface area contributed by atoms with Crippen molar-refractivity contribution in [3.05, 3.63) is 29.8 Å². The zero-order valence-electron chi connectivity index (χ0n) is 18.3. The Hall–Kier alpha value is -3.36. The Kier molecular flexibility index (Phi) is 3.75. The number of pyridine rings is 1. The Morgan fingerprint density at radius 1 is 1.13 bits per heavy atom. The zero-order valence-corrected chi connectivity index (χ0v) is 18.3. The molecule has 0 bridgehead atoms. The summed E-state index contributed by atoms with van der Waals surface area (Å²) in [5.74, 6) is 1.48. The molecule has 0 aromatic carbocycles. The molecule has 0 aliphatic heterocycles. The van der Waals surface area contributed by atoms with E-state index in [0.717, 1.165) is 59.3 Å². The van der Waals surface area contributed by atoms with Crippen molar-refractivity contribution >= 4 is 39.6 Å². The van der Waals surface area contributed by atoms with Crippen molar-refractivity contribution in [2.45, 2.75) is 44.7 Å². The van der Waals surface area contributed by atoms with Gasteiger partial charge >= 0.3 is 0 Å². The molecule has 0 radical (unpaired) electrons. The zero-order chi connectivity index (χ0) is 21.4. The Morgan fingerprint density at radius 3 is 2.45 bits per heavy atom. The summed E-state index contributed by atoms with van der Waals surface area (Å²) in [5.41, 5.74) is 4.23. The van der Waals surface area contributed by atoms with Crippen LogP contribution in [0.15, 0.2) is 18.5 Å². The molecule has 160 valence electrons. The monoisotopic (exact) mass is 418 g/mol. The molecule has 9 heteroatoms. The molecule has 1 N–H and O–H groups in total. The standard InChI is InChI=1S/C22H26N8O/c1-12-9-17(26-29(12)4)24-20-18-19(27(2)11-23-18)15-10-16(28(3)21(15)25-20)22(31)30(13-5-6-13)14-7-8-14/h9-11,13-14H,5-8H2,1-4H3,(H,24,25,26). The van der Waals surface area contributed by atoms with Crippen LogP contribution in [0.5, 0.6) is 0 Å². The molecule has 0 spiro atoms. The minimum absolute atomic E-state index is 0.121. The Morgan fingerprint density at radius 2 is 1.84 bits per heavy atom. The molecular weight excluding hydrogens is 392 g/mol. The number of aromatic nitrogens is 6. The van der Waals surface area contributed by atoms with Gasteiger partial charge in [0.25, 0.3) is 5.91 Å². The molecular formula is C22H26N8O. The molecule has 2 aliphatic rings. The number of carbonyl (C=O) groups is 1. The van der Waals surface area contributed by atoms with E-state index < -0.39 is 0 Å². The molecule has 6 rings (SSSR count). The summed E-state index contributed by atoms with van der Waals surface area (Å²) < 4.78 is 5.73. The maximum atomic E-state index is 13.5. The normalized spacial score (nSPS) is 16.4. The van der Waals surface area contributed by atoms with Gasteiger partial charge in [-0.1, -0.05) is 0 Å². The van der Waals surface area contributed by atoms with Crippen molar-refractivity contribution in [1.82, 2.24) is 33.8 Å². The summed E-state index contributed by atoms with van der Waals surface area (Å²) in [6.07, 6.45) is 6.26. The highest BCUT2D eigenvalue weighted by Gasteiger charge is 2.43. The van der Waals surface area contributed by atoms with Crippen molar-refractivity contribution in [3.63, 3.8) is 0 Å². The van der Waals surface area contributed by atoms with Crippen molar-refractivity contribution in [2.24, 2.45) is 21.1 Å². The third-order valence-corrected chi connectivity index (χ3v) is 6.53. The van der Waals surface area contributed by atoms with E-state index in [1.807, 2.05) is 54.0 Å². The highest BCUT2D eigenvalue weighted by atomic mass is 16.2. The predicted molar refractivity (Wildman–Crippen MR) is 118 cm³/mol. The van der Waals surface area contributed by atoms with Crippen LogP contribution in [0.3, 0.4) is 0 Å². The quantitative estimate of drug-likeness (QED) is 0.538. The third-order valence-electron chi connectivity index (χ3n) is 6.53. The van der Waals surface area contributed by atoms with Crippen LogP contribution in [-0.2, 0) is 21.1 Å². The average Bonchev–Trinajstić information content (AvgIpc) is 3.65. The molecule has 2 saturated carbocycles. The number of rotatable bonds is 5. The highest BCUT2D eigenvalue weighted by Crippen LogP contribution is 2.39. The number of hydrogen-bond donors (Lipinski definition) is 1. The molecule has 2 fully saturated rings. The van der Waals surface area contributed by atoms with Gasteiger partial charge in [0.15, 0.2) is 11.6 Å². The largest absolute Gasteiger partial charge is 0.333 e. The molecule has 4 aromatic heterocycles. The Balaban J connectivity index is 1.50. The van der Waals surface area contributed by atoms with Gasteiger partial charge in [-0.15, -0.1) is 0 Å². The fourth-order valence-electron chi connectivity index (χ4n) is 4.49. The summed E-state index contributed by atoms with van der Waals surface area (Å²) in [7, 11) is 5.81. The van der Waals surface area contributed by atoms with Crippen LogP contribution in [0.1, 0.15) is 41.9 Å². The number of nitrogens with zero attached hydrogens (tertiary/aromatic N) is 7. The summed E-state index contributed by atoms with van der Waals surface area (Å²) in [4.78, 5) is 25.1. The topological polar surface area (TPSA) is 85.8 Å². The first-order chi connectivity index (χ1) is 14.9. The molecule has 9 nitrogen and oxygen atoms in total. The number of nitrogens with one attached hydrogen (secondary N) is 1. The van der Waals surface area contributed by atoms with Crippen molar-refractivity contribution in [2.75, 3.05) is 5.32 Å². The van der Waals surface area contributed by atoms with Crippen molar-refractivity contribution in [3.8, 4) is 0 Å². The molecule has 2 aliphatic carbocycles. The highest BCUT2D eigenvalue weighted by molar-refractivity contribution is 6.10. The van der Waals surface area contributed by atoms with Gasteiger partial charge in [0.05, 0.1) is 11.8 Å². The van der Waals surface area contributed by atoms with Crippen LogP contribution in [0.25, 0.3) is 22.1 Å². The number of imidazole rings is 1. The molecule has 31 heavy (non-hydrogen) atoms. The van der Waals surface area contributed by atoms with Gasteiger partial charge in [0.2, 0.25) is 0 Å². The van der Waals surface area contributed by atoms with Crippen molar-refractivity contribution < 1.29 is 4.79 Å². The van der Waals surface area contributed by atoms with E-state index in [4.69, 9.17) is 4.98 Å². The van der Waals surface area contributed by atoms with E-state index >= 15 is 0 Å². The molecule has 1 amide bonds. The van der Waals surface area contributed by atoms with Crippen LogP contribution in [-0.4, -0.2) is 51.8 Å². The number of anilines is 2. The van der Waals surface area contributed by atoms with Gasteiger partial charge in [-0.3, -0.25) is 9.48 Å². The van der Waals surface area contributed by atoms with Gasteiger partial charge in [-0.25, -0.2) is 9.97 Å². The van der Waals surface area contributed by atoms with Gasteiger partial charge < -0.3 is 19.4 Å². The average molecular weight is 419 g/mol. The van der Waals surface area contributed by atoms with Crippen LogP contribution in [0, 0.1) is 6.92 Å². The summed E-state index contributed by atoms with van der Waals surface area (Å²) >= 11 is 0.